The lowest BCUT2D eigenvalue weighted by molar-refractivity contribution is -0.117. The summed E-state index contributed by atoms with van der Waals surface area (Å²) in [6, 6.07) is 16.5. The van der Waals surface area contributed by atoms with Crippen molar-refractivity contribution in [2.45, 2.75) is 24.7 Å². The van der Waals surface area contributed by atoms with Crippen LogP contribution in [0.15, 0.2) is 71.6 Å². The average molecular weight is 468 g/mol. The first-order chi connectivity index (χ1) is 15.7. The Balaban J connectivity index is 1.37. The molecule has 0 unspecified atom stereocenters. The molecule has 0 bridgehead atoms. The van der Waals surface area contributed by atoms with Gasteiger partial charge in [-0.1, -0.05) is 12.1 Å². The molecule has 170 valence electrons. The summed E-state index contributed by atoms with van der Waals surface area (Å²) >= 11 is 0. The Hall–Kier alpha value is -3.72. The van der Waals surface area contributed by atoms with E-state index in [0.717, 1.165) is 29.8 Å². The number of amides is 2. The standard InChI is InChI=1S/C24H22FN3O4S/c1-16(29)28-13-12-18-15-21(8-11-23(18)28)26-24(30)14-17-2-6-20(7-3-17)27-33(31,32)22-9-4-19(25)5-10-22/h2-11,15,27H,12-14H2,1H3,(H,26,30). The number of hydrogen-bond donors (Lipinski definition) is 2. The number of rotatable bonds is 6. The average Bonchev–Trinajstić information content (AvgIpc) is 3.19. The third-order valence-corrected chi connectivity index (χ3v) is 6.73. The molecule has 1 aliphatic rings. The fourth-order valence-electron chi connectivity index (χ4n) is 3.72. The number of hydrogen-bond acceptors (Lipinski definition) is 4. The van der Waals surface area contributed by atoms with Crippen molar-refractivity contribution in [3.05, 3.63) is 83.7 Å². The molecule has 0 aromatic heterocycles. The van der Waals surface area contributed by atoms with Gasteiger partial charge in [0.05, 0.1) is 11.3 Å². The number of carbonyl (C=O) groups is 2. The summed E-state index contributed by atoms with van der Waals surface area (Å²) < 4.78 is 40.3. The molecule has 0 atom stereocenters. The summed E-state index contributed by atoms with van der Waals surface area (Å²) in [6.45, 7) is 2.17. The molecule has 2 N–H and O–H groups in total. The molecule has 0 aliphatic carbocycles. The SMILES string of the molecule is CC(=O)N1CCc2cc(NC(=O)Cc3ccc(NS(=O)(=O)c4ccc(F)cc4)cc3)ccc21. The molecule has 1 heterocycles. The molecular formula is C24H22FN3O4S. The largest absolute Gasteiger partial charge is 0.326 e. The molecule has 33 heavy (non-hydrogen) atoms. The highest BCUT2D eigenvalue weighted by molar-refractivity contribution is 7.92. The zero-order chi connectivity index (χ0) is 23.6. The van der Waals surface area contributed by atoms with Gasteiger partial charge >= 0.3 is 0 Å². The summed E-state index contributed by atoms with van der Waals surface area (Å²) in [5, 5.41) is 2.86. The van der Waals surface area contributed by atoms with Crippen molar-refractivity contribution in [2.75, 3.05) is 21.5 Å². The normalized spacial score (nSPS) is 12.8. The van der Waals surface area contributed by atoms with E-state index >= 15 is 0 Å². The fourth-order valence-corrected chi connectivity index (χ4v) is 4.77. The van der Waals surface area contributed by atoms with Crippen molar-refractivity contribution in [1.82, 2.24) is 0 Å². The van der Waals surface area contributed by atoms with Crippen molar-refractivity contribution in [3.63, 3.8) is 0 Å². The number of benzene rings is 3. The van der Waals surface area contributed by atoms with Gasteiger partial charge in [0.15, 0.2) is 0 Å². The Bertz CT molecular complexity index is 1310. The Morgan fingerprint density at radius 3 is 2.30 bits per heavy atom. The van der Waals surface area contributed by atoms with Crippen LogP contribution in [0.5, 0.6) is 0 Å². The fraction of sp³-hybridized carbons (Fsp3) is 0.167. The number of nitrogens with zero attached hydrogens (tertiary/aromatic N) is 1. The van der Waals surface area contributed by atoms with Gasteiger partial charge in [0, 0.05) is 30.5 Å². The number of fused-ring (bicyclic) bond motifs is 1. The van der Waals surface area contributed by atoms with Crippen LogP contribution < -0.4 is 14.9 Å². The zero-order valence-corrected chi connectivity index (χ0v) is 18.7. The molecule has 3 aromatic carbocycles. The van der Waals surface area contributed by atoms with E-state index in [9.17, 15) is 22.4 Å². The summed E-state index contributed by atoms with van der Waals surface area (Å²) in [7, 11) is -3.84. The van der Waals surface area contributed by atoms with Gasteiger partial charge in [-0.2, -0.15) is 0 Å². The second kappa shape index (κ2) is 9.03. The van der Waals surface area contributed by atoms with Crippen LogP contribution in [0.1, 0.15) is 18.1 Å². The number of carbonyl (C=O) groups excluding carboxylic acids is 2. The van der Waals surface area contributed by atoms with E-state index in [1.165, 1.54) is 19.1 Å². The summed E-state index contributed by atoms with van der Waals surface area (Å²) in [6.07, 6.45) is 0.857. The van der Waals surface area contributed by atoms with E-state index in [-0.39, 0.29) is 23.1 Å². The third-order valence-electron chi connectivity index (χ3n) is 5.33. The van der Waals surface area contributed by atoms with Gasteiger partial charge in [0.25, 0.3) is 10.0 Å². The van der Waals surface area contributed by atoms with Crippen molar-refractivity contribution < 1.29 is 22.4 Å². The number of sulfonamides is 1. The van der Waals surface area contributed by atoms with Crippen LogP contribution in [0.4, 0.5) is 21.5 Å². The van der Waals surface area contributed by atoms with Gasteiger partial charge in [0.1, 0.15) is 5.82 Å². The predicted octanol–water partition coefficient (Wildman–Crippen LogP) is 3.72. The molecule has 2 amide bonds. The molecule has 0 saturated heterocycles. The van der Waals surface area contributed by atoms with Crippen LogP contribution in [0.25, 0.3) is 0 Å². The van der Waals surface area contributed by atoms with Crippen LogP contribution >= 0.6 is 0 Å². The molecule has 1 aliphatic heterocycles. The van der Waals surface area contributed by atoms with Gasteiger partial charge < -0.3 is 10.2 Å². The first kappa shape index (κ1) is 22.5. The Morgan fingerprint density at radius 2 is 1.64 bits per heavy atom. The molecule has 7 nitrogen and oxygen atoms in total. The first-order valence-electron chi connectivity index (χ1n) is 10.3. The number of anilines is 3. The molecular weight excluding hydrogens is 445 g/mol. The lowest BCUT2D eigenvalue weighted by atomic mass is 10.1. The monoisotopic (exact) mass is 467 g/mol. The number of nitrogens with one attached hydrogen (secondary N) is 2. The highest BCUT2D eigenvalue weighted by Gasteiger charge is 2.22. The molecule has 0 radical (unpaired) electrons. The minimum Gasteiger partial charge on any atom is -0.326 e. The maximum absolute atomic E-state index is 13.0. The van der Waals surface area contributed by atoms with E-state index in [4.69, 9.17) is 0 Å². The van der Waals surface area contributed by atoms with Gasteiger partial charge in [-0.3, -0.25) is 14.3 Å². The predicted molar refractivity (Wildman–Crippen MR) is 124 cm³/mol. The third kappa shape index (κ3) is 5.20. The van der Waals surface area contributed by atoms with Crippen LogP contribution in [0, 0.1) is 5.82 Å². The molecule has 0 fully saturated rings. The minimum atomic E-state index is -3.84. The van der Waals surface area contributed by atoms with Crippen LogP contribution in [-0.4, -0.2) is 26.8 Å². The van der Waals surface area contributed by atoms with Crippen molar-refractivity contribution in [2.24, 2.45) is 0 Å². The summed E-state index contributed by atoms with van der Waals surface area (Å²) in [4.78, 5) is 25.8. The highest BCUT2D eigenvalue weighted by atomic mass is 32.2. The van der Waals surface area contributed by atoms with Crippen molar-refractivity contribution >= 4 is 38.9 Å². The van der Waals surface area contributed by atoms with Gasteiger partial charge in [-0.15, -0.1) is 0 Å². The number of halogens is 1. The maximum atomic E-state index is 13.0. The zero-order valence-electron chi connectivity index (χ0n) is 17.8. The van der Waals surface area contributed by atoms with E-state index in [1.807, 2.05) is 12.1 Å². The topological polar surface area (TPSA) is 95.6 Å². The van der Waals surface area contributed by atoms with Gasteiger partial charge in [-0.05, 0) is 72.1 Å². The van der Waals surface area contributed by atoms with E-state index in [1.54, 1.807) is 35.2 Å². The lowest BCUT2D eigenvalue weighted by Crippen LogP contribution is -2.25. The van der Waals surface area contributed by atoms with Crippen molar-refractivity contribution in [1.29, 1.82) is 0 Å². The Labute approximate surface area is 191 Å². The van der Waals surface area contributed by atoms with Crippen molar-refractivity contribution in [3.8, 4) is 0 Å². The van der Waals surface area contributed by atoms with E-state index < -0.39 is 15.8 Å². The van der Waals surface area contributed by atoms with E-state index in [0.29, 0.717) is 23.5 Å². The van der Waals surface area contributed by atoms with Crippen LogP contribution in [-0.2, 0) is 32.5 Å². The van der Waals surface area contributed by atoms with Crippen LogP contribution in [0.2, 0.25) is 0 Å². The second-order valence-corrected chi connectivity index (χ2v) is 9.43. The Morgan fingerprint density at radius 1 is 0.970 bits per heavy atom. The van der Waals surface area contributed by atoms with Crippen LogP contribution in [0.3, 0.4) is 0 Å². The molecule has 4 rings (SSSR count). The van der Waals surface area contributed by atoms with Gasteiger partial charge in [0.2, 0.25) is 11.8 Å². The molecule has 9 heteroatoms. The first-order valence-corrected chi connectivity index (χ1v) is 11.8. The smallest absolute Gasteiger partial charge is 0.261 e. The molecule has 0 spiro atoms. The lowest BCUT2D eigenvalue weighted by Gasteiger charge is -2.15. The summed E-state index contributed by atoms with van der Waals surface area (Å²) in [5.41, 5.74) is 3.59. The maximum Gasteiger partial charge on any atom is 0.261 e. The minimum absolute atomic E-state index is 0.00561. The summed E-state index contributed by atoms with van der Waals surface area (Å²) in [5.74, 6) is -0.737. The van der Waals surface area contributed by atoms with Gasteiger partial charge in [-0.25, -0.2) is 12.8 Å². The highest BCUT2D eigenvalue weighted by Crippen LogP contribution is 2.30. The molecule has 0 saturated carbocycles. The second-order valence-electron chi connectivity index (χ2n) is 7.75. The molecule has 3 aromatic rings. The quantitative estimate of drug-likeness (QED) is 0.578. The Kier molecular flexibility index (Phi) is 6.15. The van der Waals surface area contributed by atoms with E-state index in [2.05, 4.69) is 10.0 Å².